The van der Waals surface area contributed by atoms with Gasteiger partial charge in [0.1, 0.15) is 5.15 Å². The van der Waals surface area contributed by atoms with E-state index in [0.717, 1.165) is 6.07 Å². The van der Waals surface area contributed by atoms with Gasteiger partial charge in [-0.2, -0.15) is 13.2 Å². The number of hydrogen-bond donors (Lipinski definition) is 0. The summed E-state index contributed by atoms with van der Waals surface area (Å²) in [4.78, 5) is 3.66. The fraction of sp³-hybridized carbons (Fsp3) is 0.125. The third kappa shape index (κ3) is 1.57. The molecule has 14 heavy (non-hydrogen) atoms. The lowest BCUT2D eigenvalue weighted by atomic mass is 10.2. The summed E-state index contributed by atoms with van der Waals surface area (Å²) in [5.41, 5.74) is -0.387. The lowest BCUT2D eigenvalue weighted by Crippen LogP contribution is -2.06. The summed E-state index contributed by atoms with van der Waals surface area (Å²) in [6, 6.07) is 2.65. The Morgan fingerprint density at radius 1 is 1.36 bits per heavy atom. The molecule has 0 atom stereocenters. The Morgan fingerprint density at radius 3 is 2.71 bits per heavy atom. The lowest BCUT2D eigenvalue weighted by molar-refractivity contribution is -0.137. The molecule has 0 spiro atoms. The minimum absolute atomic E-state index is 0.488. The largest absolute Gasteiger partial charge is 0.419 e. The average molecular weight is 238 g/mol. The van der Waals surface area contributed by atoms with E-state index in [1.54, 1.807) is 11.4 Å². The van der Waals surface area contributed by atoms with E-state index in [1.807, 2.05) is 0 Å². The first kappa shape index (κ1) is 9.73. The predicted molar refractivity (Wildman–Crippen MR) is 49.6 cm³/mol. The molecule has 0 N–H and O–H groups in total. The second-order valence-corrected chi connectivity index (χ2v) is 3.93. The van der Waals surface area contributed by atoms with Crippen LogP contribution in [0.5, 0.6) is 0 Å². The molecule has 0 fully saturated rings. The summed E-state index contributed by atoms with van der Waals surface area (Å²) >= 11 is 6.62. The summed E-state index contributed by atoms with van der Waals surface area (Å²) in [7, 11) is 0. The zero-order valence-electron chi connectivity index (χ0n) is 6.60. The highest BCUT2D eigenvalue weighted by Gasteiger charge is 2.34. The molecular weight excluding hydrogens is 235 g/mol. The van der Waals surface area contributed by atoms with Gasteiger partial charge in [-0.25, -0.2) is 4.98 Å². The van der Waals surface area contributed by atoms with Gasteiger partial charge in [0.25, 0.3) is 0 Å². The van der Waals surface area contributed by atoms with E-state index in [1.165, 1.54) is 11.3 Å². The molecule has 2 aromatic heterocycles. The minimum Gasteiger partial charge on any atom is -0.235 e. The van der Waals surface area contributed by atoms with Crippen molar-refractivity contribution in [2.24, 2.45) is 0 Å². The van der Waals surface area contributed by atoms with Gasteiger partial charge in [-0.1, -0.05) is 11.6 Å². The molecule has 2 aromatic rings. The van der Waals surface area contributed by atoms with Gasteiger partial charge in [-0.05, 0) is 17.5 Å². The molecular formula is C8H3ClF3NS. The van der Waals surface area contributed by atoms with E-state index in [0.29, 0.717) is 10.2 Å². The van der Waals surface area contributed by atoms with Gasteiger partial charge >= 0.3 is 6.18 Å². The van der Waals surface area contributed by atoms with Crippen LogP contribution in [0.15, 0.2) is 17.5 Å². The highest BCUT2D eigenvalue weighted by atomic mass is 35.5. The Bertz CT molecular complexity index is 477. The van der Waals surface area contributed by atoms with E-state index >= 15 is 0 Å². The first-order chi connectivity index (χ1) is 6.48. The van der Waals surface area contributed by atoms with Crippen LogP contribution in [0, 0.1) is 0 Å². The molecule has 6 heteroatoms. The van der Waals surface area contributed by atoms with Crippen LogP contribution in [0.4, 0.5) is 13.2 Å². The molecule has 2 rings (SSSR count). The Kier molecular flexibility index (Phi) is 2.16. The van der Waals surface area contributed by atoms with Crippen LogP contribution in [-0.2, 0) is 6.18 Å². The van der Waals surface area contributed by atoms with Gasteiger partial charge in [-0.3, -0.25) is 0 Å². The smallest absolute Gasteiger partial charge is 0.235 e. The molecule has 1 nitrogen and oxygen atoms in total. The van der Waals surface area contributed by atoms with E-state index < -0.39 is 16.9 Å². The van der Waals surface area contributed by atoms with Crippen molar-refractivity contribution < 1.29 is 13.2 Å². The van der Waals surface area contributed by atoms with Gasteiger partial charge in [0, 0.05) is 0 Å². The fourth-order valence-corrected chi connectivity index (χ4v) is 2.09. The monoisotopic (exact) mass is 237 g/mol. The Labute approximate surface area is 86.1 Å². The molecule has 0 bridgehead atoms. The Balaban J connectivity index is 2.71. The first-order valence-electron chi connectivity index (χ1n) is 3.59. The minimum atomic E-state index is -4.44. The molecule has 0 aromatic carbocycles. The SMILES string of the molecule is FC(F)(F)c1cc2sccc2nc1Cl. The zero-order chi connectivity index (χ0) is 10.3. The van der Waals surface area contributed by atoms with Crippen molar-refractivity contribution in [3.8, 4) is 0 Å². The van der Waals surface area contributed by atoms with Crippen molar-refractivity contribution in [1.82, 2.24) is 4.98 Å². The number of nitrogens with zero attached hydrogens (tertiary/aromatic N) is 1. The molecule has 74 valence electrons. The van der Waals surface area contributed by atoms with E-state index in [-0.39, 0.29) is 0 Å². The second kappa shape index (κ2) is 3.10. The van der Waals surface area contributed by atoms with Gasteiger partial charge in [0.05, 0.1) is 15.8 Å². The Hall–Kier alpha value is -0.810. The van der Waals surface area contributed by atoms with Crippen molar-refractivity contribution in [3.63, 3.8) is 0 Å². The number of thiophene rings is 1. The quantitative estimate of drug-likeness (QED) is 0.632. The Morgan fingerprint density at radius 2 is 2.07 bits per heavy atom. The van der Waals surface area contributed by atoms with Crippen molar-refractivity contribution in [3.05, 3.63) is 28.2 Å². The predicted octanol–water partition coefficient (Wildman–Crippen LogP) is 3.97. The number of alkyl halides is 3. The molecule has 0 unspecified atom stereocenters. The molecule has 0 saturated heterocycles. The van der Waals surface area contributed by atoms with Crippen molar-refractivity contribution in [2.75, 3.05) is 0 Å². The summed E-state index contributed by atoms with van der Waals surface area (Å²) in [6.07, 6.45) is -4.44. The topological polar surface area (TPSA) is 12.9 Å². The zero-order valence-corrected chi connectivity index (χ0v) is 8.17. The van der Waals surface area contributed by atoms with Gasteiger partial charge in [-0.15, -0.1) is 11.3 Å². The third-order valence-corrected chi connectivity index (χ3v) is 2.84. The number of fused-ring (bicyclic) bond motifs is 1. The summed E-state index contributed by atoms with van der Waals surface area (Å²) < 4.78 is 37.6. The second-order valence-electron chi connectivity index (χ2n) is 2.63. The van der Waals surface area contributed by atoms with E-state index in [9.17, 15) is 13.2 Å². The fourth-order valence-electron chi connectivity index (χ4n) is 1.07. The molecule has 0 saturated carbocycles. The third-order valence-electron chi connectivity index (χ3n) is 1.70. The summed E-state index contributed by atoms with van der Waals surface area (Å²) in [5, 5.41) is 1.18. The van der Waals surface area contributed by atoms with Gasteiger partial charge in [0.2, 0.25) is 0 Å². The van der Waals surface area contributed by atoms with E-state index in [4.69, 9.17) is 11.6 Å². The van der Waals surface area contributed by atoms with Crippen LogP contribution in [0.1, 0.15) is 5.56 Å². The molecule has 0 aliphatic rings. The summed E-state index contributed by atoms with van der Waals surface area (Å²) in [5.74, 6) is 0. The number of hydrogen-bond acceptors (Lipinski definition) is 2. The van der Waals surface area contributed by atoms with Crippen molar-refractivity contribution >= 4 is 33.2 Å². The van der Waals surface area contributed by atoms with E-state index in [2.05, 4.69) is 4.98 Å². The lowest BCUT2D eigenvalue weighted by Gasteiger charge is -2.07. The standard InChI is InChI=1S/C8H3ClF3NS/c9-7-4(8(10,11)12)3-6-5(13-7)1-2-14-6/h1-3H. The van der Waals surface area contributed by atoms with Crippen molar-refractivity contribution in [2.45, 2.75) is 6.18 Å². The molecule has 0 radical (unpaired) electrons. The maximum absolute atomic E-state index is 12.4. The van der Waals surface area contributed by atoms with Crippen LogP contribution in [0.2, 0.25) is 5.15 Å². The molecule has 0 aliphatic heterocycles. The number of aromatic nitrogens is 1. The average Bonchev–Trinajstić information content (AvgIpc) is 2.47. The molecule has 2 heterocycles. The number of pyridine rings is 1. The number of rotatable bonds is 0. The van der Waals surface area contributed by atoms with Crippen LogP contribution in [0.25, 0.3) is 10.2 Å². The highest BCUT2D eigenvalue weighted by Crippen LogP contribution is 2.36. The van der Waals surface area contributed by atoms with Crippen LogP contribution >= 0.6 is 22.9 Å². The maximum Gasteiger partial charge on any atom is 0.419 e. The van der Waals surface area contributed by atoms with Crippen LogP contribution < -0.4 is 0 Å². The molecule has 0 aliphatic carbocycles. The first-order valence-corrected chi connectivity index (χ1v) is 4.85. The number of halogens is 4. The molecule has 0 amide bonds. The highest BCUT2D eigenvalue weighted by molar-refractivity contribution is 7.17. The van der Waals surface area contributed by atoms with Crippen molar-refractivity contribution in [1.29, 1.82) is 0 Å². The maximum atomic E-state index is 12.4. The summed E-state index contributed by atoms with van der Waals surface area (Å²) in [6.45, 7) is 0. The normalized spacial score (nSPS) is 12.3. The van der Waals surface area contributed by atoms with Crippen LogP contribution in [0.3, 0.4) is 0 Å². The van der Waals surface area contributed by atoms with Gasteiger partial charge in [0.15, 0.2) is 0 Å². The van der Waals surface area contributed by atoms with Gasteiger partial charge < -0.3 is 0 Å². The van der Waals surface area contributed by atoms with Crippen LogP contribution in [-0.4, -0.2) is 4.98 Å².